The Balaban J connectivity index is 1.44. The molecule has 0 radical (unpaired) electrons. The zero-order chi connectivity index (χ0) is 14.6. The van der Waals surface area contributed by atoms with Gasteiger partial charge < -0.3 is 10.6 Å². The predicted molar refractivity (Wildman–Crippen MR) is 87.1 cm³/mol. The van der Waals surface area contributed by atoms with Gasteiger partial charge in [0, 0.05) is 38.3 Å². The number of nitrogens with zero attached hydrogens (tertiary/aromatic N) is 2. The number of piperazine rings is 1. The molecule has 3 nitrogen and oxygen atoms in total. The van der Waals surface area contributed by atoms with Crippen molar-refractivity contribution in [3.8, 4) is 0 Å². The highest BCUT2D eigenvalue weighted by atomic mass is 15.3. The summed E-state index contributed by atoms with van der Waals surface area (Å²) in [6.45, 7) is 7.13. The fraction of sp³-hybridized carbons (Fsp3) is 1.00. The molecule has 0 aromatic heterocycles. The van der Waals surface area contributed by atoms with Crippen molar-refractivity contribution in [1.82, 2.24) is 9.80 Å². The zero-order valence-electron chi connectivity index (χ0n) is 13.9. The minimum Gasteiger partial charge on any atom is -0.326 e. The lowest BCUT2D eigenvalue weighted by Crippen LogP contribution is -2.60. The number of hydrogen-bond donors (Lipinski definition) is 1. The molecule has 5 rings (SSSR count). The van der Waals surface area contributed by atoms with Gasteiger partial charge in [0.15, 0.2) is 0 Å². The second kappa shape index (κ2) is 5.21. The lowest BCUT2D eigenvalue weighted by molar-refractivity contribution is -0.0748. The van der Waals surface area contributed by atoms with E-state index in [9.17, 15) is 0 Å². The van der Waals surface area contributed by atoms with Crippen LogP contribution in [-0.2, 0) is 0 Å². The van der Waals surface area contributed by atoms with Crippen LogP contribution in [0, 0.1) is 23.2 Å². The molecular weight excluding hydrogens is 258 g/mol. The summed E-state index contributed by atoms with van der Waals surface area (Å²) in [4.78, 5) is 5.13. The quantitative estimate of drug-likeness (QED) is 0.865. The lowest BCUT2D eigenvalue weighted by atomic mass is 9.48. The van der Waals surface area contributed by atoms with Gasteiger partial charge in [0.05, 0.1) is 0 Å². The summed E-state index contributed by atoms with van der Waals surface area (Å²) in [6.07, 6.45) is 8.91. The van der Waals surface area contributed by atoms with Crippen LogP contribution in [0.5, 0.6) is 0 Å². The molecule has 1 heterocycles. The van der Waals surface area contributed by atoms with Crippen molar-refractivity contribution in [3.05, 3.63) is 0 Å². The van der Waals surface area contributed by atoms with E-state index in [1.807, 2.05) is 0 Å². The Bertz CT molecular complexity index is 359. The van der Waals surface area contributed by atoms with Crippen molar-refractivity contribution < 1.29 is 0 Å². The smallest absolute Gasteiger partial charge is 0.0225 e. The first kappa shape index (κ1) is 14.5. The molecule has 1 aliphatic heterocycles. The minimum absolute atomic E-state index is 0.414. The summed E-state index contributed by atoms with van der Waals surface area (Å²) >= 11 is 0. The largest absolute Gasteiger partial charge is 0.326 e. The molecule has 4 aliphatic carbocycles. The lowest BCUT2D eigenvalue weighted by Gasteiger charge is -2.59. The maximum Gasteiger partial charge on any atom is 0.0225 e. The van der Waals surface area contributed by atoms with E-state index in [0.717, 1.165) is 24.3 Å². The summed E-state index contributed by atoms with van der Waals surface area (Å²) < 4.78 is 0. The molecule has 2 N–H and O–H groups in total. The van der Waals surface area contributed by atoms with E-state index in [0.29, 0.717) is 17.5 Å². The van der Waals surface area contributed by atoms with Gasteiger partial charge in [-0.25, -0.2) is 0 Å². The van der Waals surface area contributed by atoms with Gasteiger partial charge in [0.25, 0.3) is 0 Å². The van der Waals surface area contributed by atoms with Crippen LogP contribution >= 0.6 is 0 Å². The Kier molecular flexibility index (Phi) is 3.59. The third kappa shape index (κ3) is 2.55. The van der Waals surface area contributed by atoms with E-state index < -0.39 is 0 Å². The summed E-state index contributed by atoms with van der Waals surface area (Å²) in [5, 5.41) is 0. The van der Waals surface area contributed by atoms with E-state index in [4.69, 9.17) is 5.73 Å². The molecule has 4 bridgehead atoms. The van der Waals surface area contributed by atoms with Gasteiger partial charge in [-0.05, 0) is 75.7 Å². The Morgan fingerprint density at radius 2 is 1.62 bits per heavy atom. The van der Waals surface area contributed by atoms with Crippen LogP contribution in [0.4, 0.5) is 0 Å². The van der Waals surface area contributed by atoms with Crippen molar-refractivity contribution in [3.63, 3.8) is 0 Å². The third-order valence-corrected chi connectivity index (χ3v) is 7.27. The molecule has 120 valence electrons. The van der Waals surface area contributed by atoms with Gasteiger partial charge in [-0.3, -0.25) is 4.90 Å². The van der Waals surface area contributed by atoms with Gasteiger partial charge in [-0.15, -0.1) is 0 Å². The van der Waals surface area contributed by atoms with E-state index in [1.165, 1.54) is 58.2 Å². The molecule has 0 amide bonds. The normalized spacial score (nSPS) is 48.7. The van der Waals surface area contributed by atoms with E-state index >= 15 is 0 Å². The minimum atomic E-state index is 0.414. The Morgan fingerprint density at radius 1 is 1.05 bits per heavy atom. The number of hydrogen-bond acceptors (Lipinski definition) is 3. The molecule has 2 unspecified atom stereocenters. The van der Waals surface area contributed by atoms with Crippen molar-refractivity contribution in [1.29, 1.82) is 0 Å². The molecule has 2 atom stereocenters. The Hall–Kier alpha value is -0.120. The van der Waals surface area contributed by atoms with Crippen molar-refractivity contribution in [2.75, 3.05) is 33.2 Å². The fourth-order valence-corrected chi connectivity index (χ4v) is 6.53. The predicted octanol–water partition coefficient (Wildman–Crippen LogP) is 2.17. The summed E-state index contributed by atoms with van der Waals surface area (Å²) in [7, 11) is 2.24. The highest BCUT2D eigenvalue weighted by molar-refractivity contribution is 5.06. The average molecular weight is 291 g/mol. The van der Waals surface area contributed by atoms with Gasteiger partial charge in [-0.1, -0.05) is 0 Å². The summed E-state index contributed by atoms with van der Waals surface area (Å²) in [6, 6.07) is 1.08. The molecule has 5 aliphatic rings. The van der Waals surface area contributed by atoms with Gasteiger partial charge in [0.2, 0.25) is 0 Å². The molecule has 21 heavy (non-hydrogen) atoms. The van der Waals surface area contributed by atoms with Crippen molar-refractivity contribution in [2.45, 2.75) is 57.5 Å². The van der Waals surface area contributed by atoms with Gasteiger partial charge >= 0.3 is 0 Å². The number of nitrogens with two attached hydrogens (primary N) is 1. The molecule has 0 spiro atoms. The van der Waals surface area contributed by atoms with Crippen LogP contribution in [0.3, 0.4) is 0 Å². The van der Waals surface area contributed by atoms with Gasteiger partial charge in [-0.2, -0.15) is 0 Å². The highest BCUT2D eigenvalue weighted by Crippen LogP contribution is 2.61. The highest BCUT2D eigenvalue weighted by Gasteiger charge is 2.53. The van der Waals surface area contributed by atoms with E-state index in [-0.39, 0.29) is 0 Å². The Morgan fingerprint density at radius 3 is 2.14 bits per heavy atom. The monoisotopic (exact) mass is 291 g/mol. The van der Waals surface area contributed by atoms with Crippen LogP contribution in [0.15, 0.2) is 0 Å². The van der Waals surface area contributed by atoms with Crippen LogP contribution in [0.2, 0.25) is 0 Å². The molecule has 1 saturated heterocycles. The average Bonchev–Trinajstić information content (AvgIpc) is 2.40. The van der Waals surface area contributed by atoms with E-state index in [2.05, 4.69) is 23.8 Å². The molecular formula is C18H33N3. The molecule has 5 fully saturated rings. The third-order valence-electron chi connectivity index (χ3n) is 7.27. The van der Waals surface area contributed by atoms with Crippen LogP contribution in [0.1, 0.15) is 45.4 Å². The topological polar surface area (TPSA) is 32.5 Å². The first-order valence-corrected chi connectivity index (χ1v) is 9.22. The van der Waals surface area contributed by atoms with Gasteiger partial charge in [0.1, 0.15) is 0 Å². The maximum absolute atomic E-state index is 6.85. The van der Waals surface area contributed by atoms with Crippen LogP contribution in [0.25, 0.3) is 0 Å². The molecule has 0 aromatic rings. The van der Waals surface area contributed by atoms with Crippen molar-refractivity contribution in [2.24, 2.45) is 28.9 Å². The first-order valence-electron chi connectivity index (χ1n) is 9.22. The second-order valence-corrected chi connectivity index (χ2v) is 8.99. The zero-order valence-corrected chi connectivity index (χ0v) is 13.9. The summed E-state index contributed by atoms with van der Waals surface area (Å²) in [5.41, 5.74) is 7.36. The second-order valence-electron chi connectivity index (χ2n) is 8.99. The van der Waals surface area contributed by atoms with E-state index in [1.54, 1.807) is 0 Å². The maximum atomic E-state index is 6.85. The summed E-state index contributed by atoms with van der Waals surface area (Å²) in [5.74, 6) is 3.06. The Labute approximate surface area is 130 Å². The van der Waals surface area contributed by atoms with Crippen LogP contribution < -0.4 is 5.73 Å². The molecule has 4 saturated carbocycles. The number of likely N-dealkylation sites (N-methyl/N-ethyl adjacent to an activating group) is 1. The standard InChI is InChI=1S/C18H33N3/c1-13-11-20(2)3-4-21(13)12-17(19)18-8-14-5-15(9-18)7-16(6-14)10-18/h13-17H,3-12,19H2,1-2H3. The fourth-order valence-electron chi connectivity index (χ4n) is 6.53. The van der Waals surface area contributed by atoms with Crippen LogP contribution in [-0.4, -0.2) is 55.1 Å². The first-order chi connectivity index (χ1) is 10.0. The molecule has 0 aromatic carbocycles. The SMILES string of the molecule is CC1CN(C)CCN1CC(N)C12CC3CC(CC(C3)C1)C2. The molecule has 3 heteroatoms. The number of rotatable bonds is 3. The van der Waals surface area contributed by atoms with Crippen molar-refractivity contribution >= 4 is 0 Å².